The van der Waals surface area contributed by atoms with Crippen LogP contribution in [0.25, 0.3) is 10.2 Å². The Morgan fingerprint density at radius 3 is 2.76 bits per heavy atom. The number of rotatable bonds is 5. The largest absolute Gasteiger partial charge is 0.345 e. The molecular formula is C16H24N4S. The molecule has 1 aliphatic rings. The van der Waals surface area contributed by atoms with Crippen LogP contribution in [-0.2, 0) is 6.42 Å². The lowest BCUT2D eigenvalue weighted by atomic mass is 10.2. The number of benzene rings is 1. The second-order valence-electron chi connectivity index (χ2n) is 5.62. The number of nitrogens with zero attached hydrogens (tertiary/aromatic N) is 3. The van der Waals surface area contributed by atoms with Gasteiger partial charge in [0.1, 0.15) is 0 Å². The first-order valence-electron chi connectivity index (χ1n) is 7.87. The molecule has 1 aliphatic heterocycles. The van der Waals surface area contributed by atoms with Gasteiger partial charge in [0.2, 0.25) is 0 Å². The second kappa shape index (κ2) is 6.73. The van der Waals surface area contributed by atoms with Crippen molar-refractivity contribution < 1.29 is 0 Å². The normalized spacial score (nSPS) is 16.8. The van der Waals surface area contributed by atoms with Crippen LogP contribution in [0, 0.1) is 0 Å². The van der Waals surface area contributed by atoms with Gasteiger partial charge >= 0.3 is 0 Å². The molecule has 0 spiro atoms. The third-order valence-electron chi connectivity index (χ3n) is 4.17. The standard InChI is InChI=1S/C16H24N4S/c1-2-13-4-5-15-14(12-13)18-16(21-15)20-10-8-19(9-11-20)7-3-6-17/h4-5,12H,2-3,6-11,17H2,1H3. The number of fused-ring (bicyclic) bond motifs is 1. The van der Waals surface area contributed by atoms with Gasteiger partial charge in [-0.05, 0) is 43.6 Å². The molecule has 3 rings (SSSR count). The molecule has 2 heterocycles. The third kappa shape index (κ3) is 3.36. The quantitative estimate of drug-likeness (QED) is 0.921. The Morgan fingerprint density at radius 2 is 2.05 bits per heavy atom. The van der Waals surface area contributed by atoms with Gasteiger partial charge in [-0.25, -0.2) is 4.98 Å². The minimum Gasteiger partial charge on any atom is -0.345 e. The molecular weight excluding hydrogens is 280 g/mol. The van der Waals surface area contributed by atoms with E-state index in [1.54, 1.807) is 0 Å². The van der Waals surface area contributed by atoms with E-state index in [4.69, 9.17) is 10.7 Å². The Labute approximate surface area is 130 Å². The van der Waals surface area contributed by atoms with Crippen molar-refractivity contribution in [2.24, 2.45) is 5.73 Å². The van der Waals surface area contributed by atoms with Gasteiger partial charge in [-0.2, -0.15) is 0 Å². The minimum absolute atomic E-state index is 0.790. The van der Waals surface area contributed by atoms with Crippen molar-refractivity contribution in [3.63, 3.8) is 0 Å². The van der Waals surface area contributed by atoms with E-state index in [1.165, 1.54) is 15.4 Å². The molecule has 0 atom stereocenters. The summed E-state index contributed by atoms with van der Waals surface area (Å²) in [7, 11) is 0. The Bertz CT molecular complexity index is 587. The van der Waals surface area contributed by atoms with E-state index in [1.807, 2.05) is 11.3 Å². The summed E-state index contributed by atoms with van der Waals surface area (Å²) in [6.07, 6.45) is 2.17. The first kappa shape index (κ1) is 14.8. The van der Waals surface area contributed by atoms with Gasteiger partial charge in [-0.15, -0.1) is 0 Å². The van der Waals surface area contributed by atoms with E-state index in [2.05, 4.69) is 34.9 Å². The molecule has 0 saturated carbocycles. The first-order chi connectivity index (χ1) is 10.3. The van der Waals surface area contributed by atoms with Gasteiger partial charge in [0.05, 0.1) is 10.2 Å². The van der Waals surface area contributed by atoms with Crippen LogP contribution < -0.4 is 10.6 Å². The van der Waals surface area contributed by atoms with Crippen molar-refractivity contribution in [3.8, 4) is 0 Å². The highest BCUT2D eigenvalue weighted by Gasteiger charge is 2.19. The molecule has 2 aromatic rings. The molecule has 0 bridgehead atoms. The molecule has 0 aliphatic carbocycles. The molecule has 1 aromatic carbocycles. The summed E-state index contributed by atoms with van der Waals surface area (Å²) in [6.45, 7) is 8.50. The molecule has 1 aromatic heterocycles. The van der Waals surface area contributed by atoms with E-state index in [0.717, 1.165) is 57.6 Å². The number of thiazole rings is 1. The summed E-state index contributed by atoms with van der Waals surface area (Å²) >= 11 is 1.82. The molecule has 21 heavy (non-hydrogen) atoms. The first-order valence-corrected chi connectivity index (χ1v) is 8.68. The molecule has 1 saturated heterocycles. The zero-order chi connectivity index (χ0) is 14.7. The summed E-state index contributed by atoms with van der Waals surface area (Å²) < 4.78 is 1.30. The fraction of sp³-hybridized carbons (Fsp3) is 0.562. The molecule has 114 valence electrons. The molecule has 0 amide bonds. The summed E-state index contributed by atoms with van der Waals surface area (Å²) in [5.74, 6) is 0. The van der Waals surface area contributed by atoms with Crippen molar-refractivity contribution >= 4 is 26.7 Å². The highest BCUT2D eigenvalue weighted by atomic mass is 32.1. The average molecular weight is 304 g/mol. The number of hydrogen-bond donors (Lipinski definition) is 1. The van der Waals surface area contributed by atoms with Gasteiger partial charge in [-0.1, -0.05) is 24.3 Å². The average Bonchev–Trinajstić information content (AvgIpc) is 2.96. The van der Waals surface area contributed by atoms with Crippen LogP contribution in [0.5, 0.6) is 0 Å². The van der Waals surface area contributed by atoms with Crippen molar-refractivity contribution in [3.05, 3.63) is 23.8 Å². The molecule has 1 fully saturated rings. The van der Waals surface area contributed by atoms with Crippen LogP contribution in [0.15, 0.2) is 18.2 Å². The van der Waals surface area contributed by atoms with Gasteiger partial charge in [0.15, 0.2) is 5.13 Å². The number of aromatic nitrogens is 1. The number of nitrogens with two attached hydrogens (primary N) is 1. The number of piperazine rings is 1. The Morgan fingerprint density at radius 1 is 1.24 bits per heavy atom. The lowest BCUT2D eigenvalue weighted by Crippen LogP contribution is -2.46. The Balaban J connectivity index is 1.67. The Hall–Kier alpha value is -1.17. The summed E-state index contributed by atoms with van der Waals surface area (Å²) in [4.78, 5) is 9.77. The Kier molecular flexibility index (Phi) is 4.73. The van der Waals surface area contributed by atoms with Crippen LogP contribution in [0.1, 0.15) is 18.9 Å². The highest BCUT2D eigenvalue weighted by molar-refractivity contribution is 7.22. The molecule has 0 unspecified atom stereocenters. The number of aryl methyl sites for hydroxylation is 1. The fourth-order valence-electron chi connectivity index (χ4n) is 2.79. The monoisotopic (exact) mass is 304 g/mol. The van der Waals surface area contributed by atoms with Crippen LogP contribution in [0.4, 0.5) is 5.13 Å². The van der Waals surface area contributed by atoms with Crippen molar-refractivity contribution in [2.75, 3.05) is 44.2 Å². The fourth-order valence-corrected chi connectivity index (χ4v) is 3.79. The van der Waals surface area contributed by atoms with E-state index in [-0.39, 0.29) is 0 Å². The molecule has 0 radical (unpaired) electrons. The zero-order valence-corrected chi connectivity index (χ0v) is 13.5. The number of hydrogen-bond acceptors (Lipinski definition) is 5. The lowest BCUT2D eigenvalue weighted by molar-refractivity contribution is 0.256. The van der Waals surface area contributed by atoms with Crippen LogP contribution >= 0.6 is 11.3 Å². The second-order valence-corrected chi connectivity index (χ2v) is 6.63. The summed E-state index contributed by atoms with van der Waals surface area (Å²) in [5, 5.41) is 1.18. The SMILES string of the molecule is CCc1ccc2sc(N3CCN(CCCN)CC3)nc2c1. The minimum atomic E-state index is 0.790. The maximum Gasteiger partial charge on any atom is 0.186 e. The lowest BCUT2D eigenvalue weighted by Gasteiger charge is -2.34. The van der Waals surface area contributed by atoms with Crippen molar-refractivity contribution in [1.29, 1.82) is 0 Å². The summed E-state index contributed by atoms with van der Waals surface area (Å²) in [5.41, 5.74) is 8.10. The van der Waals surface area contributed by atoms with Crippen molar-refractivity contribution in [2.45, 2.75) is 19.8 Å². The van der Waals surface area contributed by atoms with Gasteiger partial charge < -0.3 is 10.6 Å². The molecule has 5 heteroatoms. The summed E-state index contributed by atoms with van der Waals surface area (Å²) in [6, 6.07) is 6.66. The van der Waals surface area contributed by atoms with Crippen LogP contribution in [0.3, 0.4) is 0 Å². The zero-order valence-electron chi connectivity index (χ0n) is 12.7. The molecule has 4 nitrogen and oxygen atoms in total. The third-order valence-corrected chi connectivity index (χ3v) is 5.27. The topological polar surface area (TPSA) is 45.4 Å². The highest BCUT2D eigenvalue weighted by Crippen LogP contribution is 2.30. The van der Waals surface area contributed by atoms with E-state index >= 15 is 0 Å². The molecule has 2 N–H and O–H groups in total. The van der Waals surface area contributed by atoms with Crippen LogP contribution in [-0.4, -0.2) is 49.2 Å². The van der Waals surface area contributed by atoms with E-state index in [9.17, 15) is 0 Å². The van der Waals surface area contributed by atoms with Gasteiger partial charge in [-0.3, -0.25) is 4.90 Å². The predicted octanol–water partition coefficient (Wildman–Crippen LogP) is 2.33. The van der Waals surface area contributed by atoms with E-state index < -0.39 is 0 Å². The number of anilines is 1. The smallest absolute Gasteiger partial charge is 0.186 e. The van der Waals surface area contributed by atoms with E-state index in [0.29, 0.717) is 0 Å². The maximum atomic E-state index is 5.59. The van der Waals surface area contributed by atoms with Gasteiger partial charge in [0, 0.05) is 26.2 Å². The predicted molar refractivity (Wildman–Crippen MR) is 91.3 cm³/mol. The maximum absolute atomic E-state index is 5.59. The van der Waals surface area contributed by atoms with Crippen molar-refractivity contribution in [1.82, 2.24) is 9.88 Å². The van der Waals surface area contributed by atoms with Gasteiger partial charge in [0.25, 0.3) is 0 Å². The van der Waals surface area contributed by atoms with Crippen LogP contribution in [0.2, 0.25) is 0 Å².